The largest absolute Gasteiger partial charge is 0.423 e. The van der Waals surface area contributed by atoms with Crippen LogP contribution in [0.15, 0.2) is 48.5 Å². The van der Waals surface area contributed by atoms with Crippen LogP contribution in [0, 0.1) is 40.9 Å². The summed E-state index contributed by atoms with van der Waals surface area (Å²) in [6, 6.07) is 9.85. The van der Waals surface area contributed by atoms with Gasteiger partial charge >= 0.3 is 5.97 Å². The predicted octanol–water partition coefficient (Wildman–Crippen LogP) is 5.95. The third-order valence-corrected chi connectivity index (χ3v) is 4.26. The van der Waals surface area contributed by atoms with Crippen LogP contribution in [0.3, 0.4) is 0 Å². The molecule has 0 aliphatic carbocycles. The number of esters is 1. The van der Waals surface area contributed by atoms with Crippen LogP contribution in [0.25, 0.3) is 0 Å². The first-order valence-corrected chi connectivity index (χ1v) is 9.25. The van der Waals surface area contributed by atoms with E-state index in [9.17, 15) is 26.7 Å². The molecule has 0 saturated carbocycles. The molecule has 7 heteroatoms. The van der Waals surface area contributed by atoms with Gasteiger partial charge in [0.25, 0.3) is 0 Å². The number of hydrogen-bond acceptors (Lipinski definition) is 2. The quantitative estimate of drug-likeness (QED) is 0.168. The van der Waals surface area contributed by atoms with Crippen molar-refractivity contribution in [2.75, 3.05) is 0 Å². The lowest BCUT2D eigenvalue weighted by atomic mass is 10.1. The molecule has 0 radical (unpaired) electrons. The van der Waals surface area contributed by atoms with E-state index >= 15 is 0 Å². The topological polar surface area (TPSA) is 26.3 Å². The van der Waals surface area contributed by atoms with Crippen LogP contribution in [-0.2, 0) is 6.42 Å². The minimum Gasteiger partial charge on any atom is -0.423 e. The normalized spacial score (nSPS) is 10.4. The zero-order valence-electron chi connectivity index (χ0n) is 16.2. The summed E-state index contributed by atoms with van der Waals surface area (Å²) in [5.74, 6) is -4.42. The molecule has 0 amide bonds. The summed E-state index contributed by atoms with van der Waals surface area (Å²) in [7, 11) is 0. The minimum absolute atomic E-state index is 0.0249. The number of halogens is 5. The number of carbonyl (C=O) groups excluding carboxylic acids is 1. The van der Waals surface area contributed by atoms with Crippen molar-refractivity contribution in [3.8, 4) is 17.6 Å². The van der Waals surface area contributed by atoms with E-state index in [1.165, 1.54) is 0 Å². The monoisotopic (exact) mass is 430 g/mol. The summed E-state index contributed by atoms with van der Waals surface area (Å²) in [4.78, 5) is 12.1. The molecular weight excluding hydrogens is 415 g/mol. The van der Waals surface area contributed by atoms with Gasteiger partial charge in [0.1, 0.15) is 22.9 Å². The maximum absolute atomic E-state index is 14.3. The van der Waals surface area contributed by atoms with Crippen molar-refractivity contribution in [2.24, 2.45) is 0 Å². The van der Waals surface area contributed by atoms with Crippen LogP contribution in [0.1, 0.15) is 40.4 Å². The average molecular weight is 430 g/mol. The molecule has 0 heterocycles. The Hall–Kier alpha value is -3.66. The van der Waals surface area contributed by atoms with Gasteiger partial charge in [-0.3, -0.25) is 0 Å². The summed E-state index contributed by atoms with van der Waals surface area (Å²) in [5.41, 5.74) is 0.695. The minimum atomic E-state index is -1.76. The van der Waals surface area contributed by atoms with Gasteiger partial charge in [0, 0.05) is 23.3 Å². The SMILES string of the molecule is CCCc1ccc(C#Cc2cc(F)c(C(=O)Oc3cc(F)c(F)c(F)c3)c(F)c2)cc1. The highest BCUT2D eigenvalue weighted by Crippen LogP contribution is 2.22. The fourth-order valence-electron chi connectivity index (χ4n) is 2.78. The van der Waals surface area contributed by atoms with E-state index < -0.39 is 46.4 Å². The van der Waals surface area contributed by atoms with Crippen LogP contribution in [0.2, 0.25) is 0 Å². The smallest absolute Gasteiger partial charge is 0.349 e. The number of benzene rings is 3. The highest BCUT2D eigenvalue weighted by atomic mass is 19.2. The molecule has 0 aliphatic rings. The second kappa shape index (κ2) is 9.43. The van der Waals surface area contributed by atoms with E-state index in [2.05, 4.69) is 23.5 Å². The lowest BCUT2D eigenvalue weighted by Crippen LogP contribution is -2.14. The summed E-state index contributed by atoms with van der Waals surface area (Å²) in [5, 5.41) is 0. The molecule has 31 heavy (non-hydrogen) atoms. The molecule has 158 valence electrons. The molecule has 0 atom stereocenters. The Morgan fingerprint density at radius 2 is 1.35 bits per heavy atom. The molecule has 3 rings (SSSR count). The highest BCUT2D eigenvalue weighted by molar-refractivity contribution is 5.91. The molecule has 3 aromatic carbocycles. The number of ether oxygens (including phenoxy) is 1. The fraction of sp³-hybridized carbons (Fsp3) is 0.125. The van der Waals surface area contributed by atoms with Crippen molar-refractivity contribution in [3.63, 3.8) is 0 Å². The van der Waals surface area contributed by atoms with Crippen molar-refractivity contribution in [1.82, 2.24) is 0 Å². The third-order valence-electron chi connectivity index (χ3n) is 4.26. The van der Waals surface area contributed by atoms with E-state index in [-0.39, 0.29) is 5.56 Å². The molecule has 0 aliphatic heterocycles. The Kier molecular flexibility index (Phi) is 6.71. The van der Waals surface area contributed by atoms with Crippen LogP contribution in [0.4, 0.5) is 22.0 Å². The first-order valence-electron chi connectivity index (χ1n) is 9.25. The van der Waals surface area contributed by atoms with Crippen molar-refractivity contribution < 1.29 is 31.5 Å². The van der Waals surface area contributed by atoms with Gasteiger partial charge in [-0.2, -0.15) is 0 Å². The second-order valence-corrected chi connectivity index (χ2v) is 6.60. The number of rotatable bonds is 4. The Labute approximate surface area is 175 Å². The van der Waals surface area contributed by atoms with E-state index in [1.54, 1.807) is 12.1 Å². The summed E-state index contributed by atoms with van der Waals surface area (Å²) >= 11 is 0. The molecule has 0 saturated heterocycles. The highest BCUT2D eigenvalue weighted by Gasteiger charge is 2.22. The van der Waals surface area contributed by atoms with E-state index in [4.69, 9.17) is 0 Å². The molecule has 0 bridgehead atoms. The van der Waals surface area contributed by atoms with Crippen LogP contribution in [-0.4, -0.2) is 5.97 Å². The van der Waals surface area contributed by atoms with Gasteiger partial charge in [0.2, 0.25) is 0 Å². The van der Waals surface area contributed by atoms with Gasteiger partial charge in [-0.25, -0.2) is 26.7 Å². The van der Waals surface area contributed by atoms with E-state index in [0.717, 1.165) is 30.5 Å². The lowest BCUT2D eigenvalue weighted by molar-refractivity contribution is 0.0723. The number of aryl methyl sites for hydroxylation is 1. The molecule has 2 nitrogen and oxygen atoms in total. The molecule has 0 unspecified atom stereocenters. The molecule has 0 aromatic heterocycles. The van der Waals surface area contributed by atoms with Gasteiger partial charge in [-0.1, -0.05) is 37.3 Å². The average Bonchev–Trinajstić information content (AvgIpc) is 2.71. The van der Waals surface area contributed by atoms with Gasteiger partial charge in [0.15, 0.2) is 17.5 Å². The summed E-state index contributed by atoms with van der Waals surface area (Å²) < 4.78 is 72.7. The van der Waals surface area contributed by atoms with E-state index in [1.807, 2.05) is 12.1 Å². The van der Waals surface area contributed by atoms with Crippen LogP contribution >= 0.6 is 0 Å². The Balaban J connectivity index is 1.81. The second-order valence-electron chi connectivity index (χ2n) is 6.60. The first-order chi connectivity index (χ1) is 14.8. The number of carbonyl (C=O) groups is 1. The third kappa shape index (κ3) is 5.28. The maximum Gasteiger partial charge on any atom is 0.349 e. The lowest BCUT2D eigenvalue weighted by Gasteiger charge is -2.07. The van der Waals surface area contributed by atoms with Crippen molar-refractivity contribution in [1.29, 1.82) is 0 Å². The predicted molar refractivity (Wildman–Crippen MR) is 104 cm³/mol. The van der Waals surface area contributed by atoms with Crippen LogP contribution < -0.4 is 4.74 Å². The molecule has 0 N–H and O–H groups in total. The zero-order chi connectivity index (χ0) is 22.5. The Morgan fingerprint density at radius 3 is 1.90 bits per heavy atom. The van der Waals surface area contributed by atoms with Crippen molar-refractivity contribution in [2.45, 2.75) is 19.8 Å². The Morgan fingerprint density at radius 1 is 0.806 bits per heavy atom. The van der Waals surface area contributed by atoms with Gasteiger partial charge in [0.05, 0.1) is 0 Å². The fourth-order valence-corrected chi connectivity index (χ4v) is 2.78. The molecule has 0 spiro atoms. The summed E-state index contributed by atoms with van der Waals surface area (Å²) in [6.07, 6.45) is 1.93. The Bertz CT molecular complexity index is 1140. The summed E-state index contributed by atoms with van der Waals surface area (Å²) in [6.45, 7) is 2.06. The van der Waals surface area contributed by atoms with Crippen LogP contribution in [0.5, 0.6) is 5.75 Å². The van der Waals surface area contributed by atoms with Gasteiger partial charge < -0.3 is 4.74 Å². The standard InChI is InChI=1S/C24H15F5O2/c1-2-3-14-4-6-15(7-5-14)8-9-16-10-18(25)22(19(26)11-16)24(30)31-17-12-20(27)23(29)21(28)13-17/h4-7,10-13H,2-3H2,1H3. The zero-order valence-corrected chi connectivity index (χ0v) is 16.2. The molecule has 0 fully saturated rings. The maximum atomic E-state index is 14.3. The van der Waals surface area contributed by atoms with Crippen molar-refractivity contribution in [3.05, 3.63) is 99.9 Å². The van der Waals surface area contributed by atoms with Gasteiger partial charge in [-0.05, 0) is 36.2 Å². The number of hydrogen-bond donors (Lipinski definition) is 0. The molecule has 3 aromatic rings. The van der Waals surface area contributed by atoms with Crippen molar-refractivity contribution >= 4 is 5.97 Å². The molecular formula is C24H15F5O2. The van der Waals surface area contributed by atoms with E-state index in [0.29, 0.717) is 17.7 Å². The first kappa shape index (κ1) is 22.0. The van der Waals surface area contributed by atoms with Gasteiger partial charge in [-0.15, -0.1) is 0 Å².